The summed E-state index contributed by atoms with van der Waals surface area (Å²) in [4.78, 5) is 38.1. The van der Waals surface area contributed by atoms with Crippen LogP contribution in [0.4, 0.5) is 10.6 Å². The molecule has 2 N–H and O–H groups in total. The molecule has 12 nitrogen and oxygen atoms in total. The van der Waals surface area contributed by atoms with Gasteiger partial charge in [-0.05, 0) is 95.5 Å². The normalized spacial score (nSPS) is 13.2. The second kappa shape index (κ2) is 14.7. The number of benzene rings is 1. The zero-order chi connectivity index (χ0) is 36.0. The summed E-state index contributed by atoms with van der Waals surface area (Å²) in [6, 6.07) is 19.9. The van der Waals surface area contributed by atoms with Crippen LogP contribution in [0, 0.1) is 0 Å². The van der Waals surface area contributed by atoms with Crippen molar-refractivity contribution in [2.45, 2.75) is 76.0 Å². The van der Waals surface area contributed by atoms with E-state index in [0.29, 0.717) is 18.1 Å². The predicted octanol–water partition coefficient (Wildman–Crippen LogP) is 5.85. The van der Waals surface area contributed by atoms with E-state index < -0.39 is 44.5 Å². The van der Waals surface area contributed by atoms with Gasteiger partial charge in [0, 0.05) is 24.9 Å². The summed E-state index contributed by atoms with van der Waals surface area (Å²) in [5.74, 6) is -0.278. The van der Waals surface area contributed by atoms with E-state index in [1.807, 2.05) is 31.2 Å². The second-order valence-electron chi connectivity index (χ2n) is 13.3. The third-order valence-electron chi connectivity index (χ3n) is 6.94. The van der Waals surface area contributed by atoms with Gasteiger partial charge in [-0.3, -0.25) is 9.69 Å². The van der Waals surface area contributed by atoms with E-state index in [0.717, 1.165) is 16.0 Å². The summed E-state index contributed by atoms with van der Waals surface area (Å²) < 4.78 is 45.3. The lowest BCUT2D eigenvalue weighted by Gasteiger charge is -2.31. The molecule has 49 heavy (non-hydrogen) atoms. The highest BCUT2D eigenvalue weighted by atomic mass is 32.2. The number of aromatic nitrogens is 3. The molecule has 0 aliphatic heterocycles. The Labute approximate surface area is 287 Å². The lowest BCUT2D eigenvalue weighted by atomic mass is 9.99. The van der Waals surface area contributed by atoms with Crippen LogP contribution < -0.4 is 15.4 Å². The molecule has 0 saturated heterocycles. The van der Waals surface area contributed by atoms with Gasteiger partial charge >= 0.3 is 12.1 Å². The maximum absolute atomic E-state index is 14.4. The van der Waals surface area contributed by atoms with Crippen molar-refractivity contribution in [2.75, 3.05) is 18.1 Å². The molecule has 1 amide bonds. The van der Waals surface area contributed by atoms with Gasteiger partial charge in [-0.1, -0.05) is 36.4 Å². The highest BCUT2D eigenvalue weighted by molar-refractivity contribution is 7.92. The van der Waals surface area contributed by atoms with Crippen LogP contribution in [-0.2, 0) is 35.4 Å². The number of hydrogen-bond donors (Lipinski definition) is 1. The van der Waals surface area contributed by atoms with Crippen molar-refractivity contribution in [3.8, 4) is 17.0 Å². The number of amides is 1. The lowest BCUT2D eigenvalue weighted by molar-refractivity contribution is -0.153. The van der Waals surface area contributed by atoms with Crippen molar-refractivity contribution >= 4 is 27.7 Å². The molecule has 3 heterocycles. The van der Waals surface area contributed by atoms with Crippen LogP contribution in [-0.4, -0.2) is 59.8 Å². The maximum atomic E-state index is 14.4. The summed E-state index contributed by atoms with van der Waals surface area (Å²) in [5.41, 5.74) is 7.46. The molecule has 0 aliphatic rings. The number of ether oxygens (including phenoxy) is 3. The van der Waals surface area contributed by atoms with Crippen LogP contribution in [0.3, 0.4) is 0 Å². The average molecular weight is 690 g/mol. The highest BCUT2D eigenvalue weighted by Gasteiger charge is 2.45. The number of nitrogens with zero attached hydrogens (tertiary/aromatic N) is 4. The number of hydrogen-bond acceptors (Lipinski definition) is 11. The first-order chi connectivity index (χ1) is 22.9. The fourth-order valence-corrected chi connectivity index (χ4v) is 6.39. The van der Waals surface area contributed by atoms with Crippen LogP contribution in [0.5, 0.6) is 5.88 Å². The Morgan fingerprint density at radius 3 is 2.12 bits per heavy atom. The van der Waals surface area contributed by atoms with E-state index in [-0.39, 0.29) is 23.0 Å². The van der Waals surface area contributed by atoms with Crippen LogP contribution >= 0.6 is 0 Å². The Hall–Kier alpha value is -4.88. The van der Waals surface area contributed by atoms with Gasteiger partial charge in [-0.15, -0.1) is 0 Å². The van der Waals surface area contributed by atoms with Gasteiger partial charge in [0.25, 0.3) is 0 Å². The number of pyridine rings is 3. The van der Waals surface area contributed by atoms with Gasteiger partial charge in [0.2, 0.25) is 15.7 Å². The minimum atomic E-state index is -4.41. The number of anilines is 1. The van der Waals surface area contributed by atoms with Crippen LogP contribution in [0.2, 0.25) is 0 Å². The van der Waals surface area contributed by atoms with E-state index in [4.69, 9.17) is 19.9 Å². The van der Waals surface area contributed by atoms with Crippen LogP contribution in [0.1, 0.15) is 59.7 Å². The molecular weight excluding hydrogens is 646 g/mol. The number of carbonyl (C=O) groups is 2. The van der Waals surface area contributed by atoms with Gasteiger partial charge in [-0.25, -0.2) is 28.2 Å². The van der Waals surface area contributed by atoms with Gasteiger partial charge in [0.15, 0.2) is 9.90 Å². The van der Waals surface area contributed by atoms with Crippen molar-refractivity contribution in [3.63, 3.8) is 0 Å². The number of esters is 1. The Morgan fingerprint density at radius 1 is 0.816 bits per heavy atom. The first-order valence-corrected chi connectivity index (χ1v) is 17.2. The van der Waals surface area contributed by atoms with E-state index in [1.54, 1.807) is 72.0 Å². The van der Waals surface area contributed by atoms with Crippen LogP contribution in [0.25, 0.3) is 11.1 Å². The Kier molecular flexibility index (Phi) is 11.1. The quantitative estimate of drug-likeness (QED) is 0.188. The second-order valence-corrected chi connectivity index (χ2v) is 15.4. The summed E-state index contributed by atoms with van der Waals surface area (Å²) in [6.07, 6.45) is 1.93. The molecule has 1 unspecified atom stereocenters. The molecule has 4 rings (SSSR count). The minimum Gasteiger partial charge on any atom is -0.478 e. The average Bonchev–Trinajstić information content (AvgIpc) is 3.03. The van der Waals surface area contributed by atoms with Crippen molar-refractivity contribution in [3.05, 3.63) is 96.4 Å². The first kappa shape index (κ1) is 36.9. The Balaban J connectivity index is 1.79. The number of rotatable bonds is 11. The lowest BCUT2D eigenvalue weighted by Crippen LogP contribution is -2.48. The van der Waals surface area contributed by atoms with E-state index >= 15 is 0 Å². The zero-order valence-electron chi connectivity index (χ0n) is 28.8. The summed E-state index contributed by atoms with van der Waals surface area (Å²) in [5, 5.41) is -0.251. The molecule has 0 aliphatic carbocycles. The number of carbonyl (C=O) groups excluding carboxylic acids is 2. The smallest absolute Gasteiger partial charge is 0.416 e. The van der Waals surface area contributed by atoms with Gasteiger partial charge < -0.3 is 19.9 Å². The SMILES string of the molecule is CCOc1cc(-c2ccc(CC(N)(c3cccc(N(CC(=O)OC(C)(C)C)C(=O)OC(C)(C)C)n3)S(=O)(=O)c3ccccn3)cc2)ccn1. The van der Waals surface area contributed by atoms with Gasteiger partial charge in [-0.2, -0.15) is 0 Å². The van der Waals surface area contributed by atoms with Crippen LogP contribution in [0.15, 0.2) is 90.2 Å². The predicted molar refractivity (Wildman–Crippen MR) is 185 cm³/mol. The Morgan fingerprint density at radius 2 is 1.51 bits per heavy atom. The van der Waals surface area contributed by atoms with Crippen molar-refractivity contribution in [2.24, 2.45) is 5.73 Å². The van der Waals surface area contributed by atoms with Gasteiger partial charge in [0.05, 0.1) is 12.3 Å². The van der Waals surface area contributed by atoms with E-state index in [9.17, 15) is 18.0 Å². The fraction of sp³-hybridized carbons (Fsp3) is 0.361. The molecule has 260 valence electrons. The Bertz CT molecular complexity index is 1870. The summed E-state index contributed by atoms with van der Waals surface area (Å²) in [7, 11) is -4.41. The summed E-state index contributed by atoms with van der Waals surface area (Å²) >= 11 is 0. The number of sulfone groups is 1. The third-order valence-corrected chi connectivity index (χ3v) is 9.04. The molecule has 3 aromatic heterocycles. The summed E-state index contributed by atoms with van der Waals surface area (Å²) in [6.45, 7) is 12.0. The molecule has 4 aromatic rings. The molecule has 1 aromatic carbocycles. The largest absolute Gasteiger partial charge is 0.478 e. The highest BCUT2D eigenvalue weighted by Crippen LogP contribution is 2.34. The first-order valence-electron chi connectivity index (χ1n) is 15.7. The van der Waals surface area contributed by atoms with E-state index in [1.165, 1.54) is 30.5 Å². The molecular formula is C36H43N5O7S. The van der Waals surface area contributed by atoms with Crippen molar-refractivity contribution in [1.29, 1.82) is 0 Å². The molecule has 0 saturated carbocycles. The molecule has 0 bridgehead atoms. The molecule has 1 atom stereocenters. The zero-order valence-corrected chi connectivity index (χ0v) is 29.7. The number of nitrogens with two attached hydrogens (primary N) is 1. The fourth-order valence-electron chi connectivity index (χ4n) is 4.82. The standard InChI is InChI=1S/C36H43N5O7S/c1-8-46-30-22-27(19-21-38-30)26-17-15-25(16-18-26)23-36(37,49(44,45)31-14-9-10-20-39-31)28-12-11-13-29(40-28)41(33(43)48-35(5,6)7)24-32(42)47-34(2,3)4/h9-22H,8,23-24,37H2,1-7H3. The molecule has 13 heteroatoms. The van der Waals surface area contributed by atoms with Crippen molar-refractivity contribution in [1.82, 2.24) is 15.0 Å². The van der Waals surface area contributed by atoms with E-state index in [2.05, 4.69) is 15.0 Å². The molecule has 0 fully saturated rings. The molecule has 0 radical (unpaired) electrons. The van der Waals surface area contributed by atoms with Crippen molar-refractivity contribution < 1.29 is 32.2 Å². The maximum Gasteiger partial charge on any atom is 0.416 e. The minimum absolute atomic E-state index is 0.0539. The third kappa shape index (κ3) is 9.39. The van der Waals surface area contributed by atoms with Gasteiger partial charge in [0.1, 0.15) is 23.6 Å². The molecule has 0 spiro atoms. The monoisotopic (exact) mass is 689 g/mol. The topological polar surface area (TPSA) is 164 Å².